The van der Waals surface area contributed by atoms with Crippen LogP contribution >= 0.6 is 0 Å². The Morgan fingerprint density at radius 2 is 1.64 bits per heavy atom. The van der Waals surface area contributed by atoms with Gasteiger partial charge in [-0.05, 0) is 42.5 Å². The first-order chi connectivity index (χ1) is 11.8. The normalized spacial score (nSPS) is 11.5. The van der Waals surface area contributed by atoms with Crippen LogP contribution < -0.4 is 10.1 Å². The van der Waals surface area contributed by atoms with Crippen molar-refractivity contribution in [3.8, 4) is 5.75 Å². The van der Waals surface area contributed by atoms with Gasteiger partial charge in [0.1, 0.15) is 5.75 Å². The lowest BCUT2D eigenvalue weighted by atomic mass is 10.1. The number of benzene rings is 2. The van der Waals surface area contributed by atoms with E-state index in [9.17, 15) is 13.8 Å². The Balaban J connectivity index is 2.28. The van der Waals surface area contributed by atoms with Gasteiger partial charge in [-0.1, -0.05) is 0 Å². The minimum Gasteiger partial charge on any atom is -0.495 e. The Hall–Kier alpha value is -2.67. The summed E-state index contributed by atoms with van der Waals surface area (Å²) in [6.07, 6.45) is 1.58. The molecule has 0 saturated heterocycles. The van der Waals surface area contributed by atoms with Gasteiger partial charge in [0.25, 0.3) is 11.8 Å². The first-order valence-corrected chi connectivity index (χ1v) is 9.04. The molecule has 0 spiro atoms. The highest BCUT2D eigenvalue weighted by atomic mass is 32.2. The van der Waals surface area contributed by atoms with Crippen molar-refractivity contribution in [3.63, 3.8) is 0 Å². The molecule has 2 rings (SSSR count). The quantitative estimate of drug-likeness (QED) is 0.888. The summed E-state index contributed by atoms with van der Waals surface area (Å²) in [4.78, 5) is 26.6. The van der Waals surface area contributed by atoms with Crippen LogP contribution in [0, 0.1) is 0 Å². The van der Waals surface area contributed by atoms with Crippen LogP contribution in [0.4, 0.5) is 5.69 Å². The first kappa shape index (κ1) is 18.7. The number of rotatable bonds is 5. The number of nitrogens with one attached hydrogen (secondary N) is 1. The van der Waals surface area contributed by atoms with Crippen molar-refractivity contribution >= 4 is 28.3 Å². The maximum absolute atomic E-state index is 12.4. The number of carbonyl (C=O) groups is 2. The second-order valence-corrected chi connectivity index (χ2v) is 6.93. The number of hydrogen-bond acceptors (Lipinski definition) is 4. The van der Waals surface area contributed by atoms with Crippen LogP contribution in [0.5, 0.6) is 5.75 Å². The minimum atomic E-state index is -1.10. The van der Waals surface area contributed by atoms with Crippen molar-refractivity contribution in [3.05, 3.63) is 53.6 Å². The van der Waals surface area contributed by atoms with E-state index in [0.717, 1.165) is 0 Å². The third-order valence-electron chi connectivity index (χ3n) is 3.55. The molecule has 0 heterocycles. The molecule has 0 bridgehead atoms. The molecule has 25 heavy (non-hydrogen) atoms. The Bertz CT molecular complexity index is 816. The molecule has 132 valence electrons. The molecule has 7 heteroatoms. The molecular weight excluding hydrogens is 340 g/mol. The standard InChI is InChI=1S/C18H20N2O4S/c1-20(2)18(22)13-7-10-16(24-3)15(11-13)19-17(21)12-5-8-14(9-6-12)25(4)23/h5-11H,1-4H3,(H,19,21)/t25-/m1/s1. The van der Waals surface area contributed by atoms with E-state index < -0.39 is 10.8 Å². The maximum Gasteiger partial charge on any atom is 0.255 e. The minimum absolute atomic E-state index is 0.173. The summed E-state index contributed by atoms with van der Waals surface area (Å²) in [7, 11) is 3.70. The molecule has 2 aromatic carbocycles. The third kappa shape index (κ3) is 4.45. The molecule has 6 nitrogen and oxygen atoms in total. The molecule has 1 atom stereocenters. The zero-order valence-corrected chi connectivity index (χ0v) is 15.3. The number of nitrogens with zero attached hydrogens (tertiary/aromatic N) is 1. The molecule has 0 aliphatic carbocycles. The van der Waals surface area contributed by atoms with Gasteiger partial charge in [-0.15, -0.1) is 0 Å². The zero-order chi connectivity index (χ0) is 18.6. The van der Waals surface area contributed by atoms with Gasteiger partial charge >= 0.3 is 0 Å². The predicted octanol–water partition coefficient (Wildman–Crippen LogP) is 2.39. The third-order valence-corrected chi connectivity index (χ3v) is 4.49. The molecule has 0 fully saturated rings. The van der Waals surface area contributed by atoms with Gasteiger partial charge in [0.05, 0.1) is 12.8 Å². The highest BCUT2D eigenvalue weighted by Gasteiger charge is 2.14. The van der Waals surface area contributed by atoms with Gasteiger partial charge < -0.3 is 15.0 Å². The summed E-state index contributed by atoms with van der Waals surface area (Å²) in [5, 5.41) is 2.75. The number of methoxy groups -OCH3 is 1. The fourth-order valence-corrected chi connectivity index (χ4v) is 2.71. The summed E-state index contributed by atoms with van der Waals surface area (Å²) < 4.78 is 16.7. The van der Waals surface area contributed by atoms with E-state index in [0.29, 0.717) is 27.5 Å². The van der Waals surface area contributed by atoms with Crippen LogP contribution in [-0.2, 0) is 10.8 Å². The summed E-state index contributed by atoms with van der Waals surface area (Å²) in [5.41, 5.74) is 1.27. The van der Waals surface area contributed by atoms with Gasteiger partial charge in [0.2, 0.25) is 0 Å². The van der Waals surface area contributed by atoms with Crippen molar-refractivity contribution in [1.82, 2.24) is 4.90 Å². The van der Waals surface area contributed by atoms with Crippen molar-refractivity contribution in [2.75, 3.05) is 32.8 Å². The van der Waals surface area contributed by atoms with E-state index in [1.165, 1.54) is 12.0 Å². The zero-order valence-electron chi connectivity index (χ0n) is 14.5. The van der Waals surface area contributed by atoms with Crippen LogP contribution in [0.15, 0.2) is 47.4 Å². The average molecular weight is 360 g/mol. The van der Waals surface area contributed by atoms with Gasteiger partial charge in [0.15, 0.2) is 0 Å². The second-order valence-electron chi connectivity index (χ2n) is 5.55. The summed E-state index contributed by atoms with van der Waals surface area (Å²) >= 11 is 0. The van der Waals surface area contributed by atoms with E-state index in [2.05, 4.69) is 5.32 Å². The Morgan fingerprint density at radius 3 is 2.16 bits per heavy atom. The average Bonchev–Trinajstić information content (AvgIpc) is 2.60. The summed E-state index contributed by atoms with van der Waals surface area (Å²) in [6.45, 7) is 0. The lowest BCUT2D eigenvalue weighted by Gasteiger charge is -2.14. The SMILES string of the molecule is COc1ccc(C(=O)N(C)C)cc1NC(=O)c1ccc([S@@](C)=O)cc1. The van der Waals surface area contributed by atoms with Crippen molar-refractivity contribution in [2.45, 2.75) is 4.90 Å². The van der Waals surface area contributed by atoms with E-state index >= 15 is 0 Å². The monoisotopic (exact) mass is 360 g/mol. The van der Waals surface area contributed by atoms with E-state index in [1.807, 2.05) is 0 Å². The van der Waals surface area contributed by atoms with Gasteiger partial charge in [-0.25, -0.2) is 0 Å². The van der Waals surface area contributed by atoms with Crippen LogP contribution in [0.25, 0.3) is 0 Å². The molecule has 0 aliphatic rings. The molecule has 2 aromatic rings. The number of carbonyl (C=O) groups excluding carboxylic acids is 2. The lowest BCUT2D eigenvalue weighted by molar-refractivity contribution is 0.0827. The molecule has 0 radical (unpaired) electrons. The molecular formula is C18H20N2O4S. The van der Waals surface area contributed by atoms with Crippen LogP contribution in [0.2, 0.25) is 0 Å². The Kier molecular flexibility index (Phi) is 5.93. The molecule has 0 unspecified atom stereocenters. The largest absolute Gasteiger partial charge is 0.495 e. The van der Waals surface area contributed by atoms with E-state index in [4.69, 9.17) is 4.74 Å². The highest BCUT2D eigenvalue weighted by molar-refractivity contribution is 7.84. The molecule has 2 amide bonds. The van der Waals surface area contributed by atoms with Crippen LogP contribution in [0.3, 0.4) is 0 Å². The summed E-state index contributed by atoms with van der Waals surface area (Å²) in [5.74, 6) is -0.0657. The Morgan fingerprint density at radius 1 is 1.04 bits per heavy atom. The van der Waals surface area contributed by atoms with Crippen LogP contribution in [0.1, 0.15) is 20.7 Å². The number of anilines is 1. The first-order valence-electron chi connectivity index (χ1n) is 7.48. The predicted molar refractivity (Wildman–Crippen MR) is 97.7 cm³/mol. The van der Waals surface area contributed by atoms with E-state index in [-0.39, 0.29) is 11.8 Å². The number of ether oxygens (including phenoxy) is 1. The topological polar surface area (TPSA) is 75.7 Å². The van der Waals surface area contributed by atoms with Crippen LogP contribution in [-0.4, -0.2) is 48.4 Å². The molecule has 0 aliphatic heterocycles. The molecule has 0 saturated carbocycles. The smallest absolute Gasteiger partial charge is 0.255 e. The number of amides is 2. The fraction of sp³-hybridized carbons (Fsp3) is 0.222. The van der Waals surface area contributed by atoms with Gasteiger partial charge in [-0.2, -0.15) is 0 Å². The fourth-order valence-electron chi connectivity index (χ4n) is 2.19. The van der Waals surface area contributed by atoms with E-state index in [1.54, 1.807) is 62.8 Å². The second kappa shape index (κ2) is 7.94. The lowest BCUT2D eigenvalue weighted by Crippen LogP contribution is -2.22. The molecule has 1 N–H and O–H groups in total. The van der Waals surface area contributed by atoms with Gasteiger partial charge in [0, 0.05) is 47.2 Å². The summed E-state index contributed by atoms with van der Waals surface area (Å²) in [6, 6.07) is 11.4. The maximum atomic E-state index is 12.4. The van der Waals surface area contributed by atoms with Gasteiger partial charge in [-0.3, -0.25) is 13.8 Å². The van der Waals surface area contributed by atoms with Crippen molar-refractivity contribution < 1.29 is 18.5 Å². The highest BCUT2D eigenvalue weighted by Crippen LogP contribution is 2.26. The molecule has 0 aromatic heterocycles. The van der Waals surface area contributed by atoms with Crippen molar-refractivity contribution in [1.29, 1.82) is 0 Å². The number of hydrogen-bond donors (Lipinski definition) is 1. The Labute approximate surface area is 149 Å². The van der Waals surface area contributed by atoms with Crippen molar-refractivity contribution in [2.24, 2.45) is 0 Å².